The van der Waals surface area contributed by atoms with E-state index in [1.54, 1.807) is 26.8 Å². The van der Waals surface area contributed by atoms with E-state index in [1.165, 1.54) is 0 Å². The molecule has 0 aliphatic carbocycles. The van der Waals surface area contributed by atoms with E-state index in [1.807, 2.05) is 36.4 Å². The van der Waals surface area contributed by atoms with Crippen LogP contribution in [0.5, 0.6) is 0 Å². The fourth-order valence-corrected chi connectivity index (χ4v) is 2.93. The van der Waals surface area contributed by atoms with Crippen molar-refractivity contribution in [3.8, 4) is 11.1 Å². The predicted molar refractivity (Wildman–Crippen MR) is 105 cm³/mol. The molecule has 0 radical (unpaired) electrons. The van der Waals surface area contributed by atoms with Crippen molar-refractivity contribution in [2.45, 2.75) is 38.8 Å². The summed E-state index contributed by atoms with van der Waals surface area (Å²) in [7, 11) is 0. The Hall–Kier alpha value is -2.04. The van der Waals surface area contributed by atoms with Crippen LogP contribution in [0.15, 0.2) is 42.5 Å². The third-order valence-corrected chi connectivity index (χ3v) is 3.91. The van der Waals surface area contributed by atoms with E-state index >= 15 is 0 Å². The Balaban J connectivity index is 2.05. The van der Waals surface area contributed by atoms with Crippen molar-refractivity contribution in [1.82, 2.24) is 5.32 Å². The average molecular weight is 394 g/mol. The number of halogens is 2. The highest BCUT2D eigenvalue weighted by Crippen LogP contribution is 2.27. The second-order valence-corrected chi connectivity index (χ2v) is 7.82. The van der Waals surface area contributed by atoms with Crippen molar-refractivity contribution in [1.29, 1.82) is 0 Å². The fraction of sp³-hybridized carbons (Fsp3) is 0.300. The zero-order valence-corrected chi connectivity index (χ0v) is 16.4. The normalized spacial score (nSPS) is 12.3. The third kappa shape index (κ3) is 6.36. The molecule has 0 saturated heterocycles. The number of carbonyl (C=O) groups is 2. The van der Waals surface area contributed by atoms with Gasteiger partial charge in [-0.2, -0.15) is 0 Å². The molecule has 0 heterocycles. The number of aldehydes is 1. The largest absolute Gasteiger partial charge is 0.444 e. The summed E-state index contributed by atoms with van der Waals surface area (Å²) in [5.74, 6) is 0. The topological polar surface area (TPSA) is 55.4 Å². The van der Waals surface area contributed by atoms with Crippen LogP contribution in [-0.4, -0.2) is 24.0 Å². The fourth-order valence-electron chi connectivity index (χ4n) is 2.40. The van der Waals surface area contributed by atoms with Gasteiger partial charge in [0.2, 0.25) is 0 Å². The highest BCUT2D eigenvalue weighted by atomic mass is 35.5. The maximum absolute atomic E-state index is 11.8. The maximum Gasteiger partial charge on any atom is 0.408 e. The number of hydrogen-bond acceptors (Lipinski definition) is 3. The molecule has 1 N–H and O–H groups in total. The van der Waals surface area contributed by atoms with Crippen LogP contribution in [0.4, 0.5) is 4.79 Å². The summed E-state index contributed by atoms with van der Waals surface area (Å²) < 4.78 is 5.17. The minimum absolute atomic E-state index is 0.374. The number of carbonyl (C=O) groups excluding carboxylic acids is 2. The maximum atomic E-state index is 11.8. The molecule has 6 heteroatoms. The van der Waals surface area contributed by atoms with Gasteiger partial charge in [0, 0.05) is 10.0 Å². The quantitative estimate of drug-likeness (QED) is 0.701. The van der Waals surface area contributed by atoms with Crippen LogP contribution in [0.2, 0.25) is 10.0 Å². The molecule has 138 valence electrons. The van der Waals surface area contributed by atoms with Gasteiger partial charge in [0.25, 0.3) is 0 Å². The van der Waals surface area contributed by atoms with Crippen molar-refractivity contribution in [3.05, 3.63) is 58.1 Å². The molecule has 0 saturated carbocycles. The van der Waals surface area contributed by atoms with E-state index < -0.39 is 17.7 Å². The lowest BCUT2D eigenvalue weighted by Crippen LogP contribution is -2.41. The molecule has 0 bridgehead atoms. The van der Waals surface area contributed by atoms with Crippen LogP contribution >= 0.6 is 23.2 Å². The van der Waals surface area contributed by atoms with Crippen molar-refractivity contribution < 1.29 is 14.3 Å². The second kappa shape index (κ2) is 8.56. The molecule has 2 rings (SSSR count). The average Bonchev–Trinajstić information content (AvgIpc) is 2.52. The summed E-state index contributed by atoms with van der Waals surface area (Å²) in [6.07, 6.45) is 0.466. The van der Waals surface area contributed by atoms with E-state index in [9.17, 15) is 9.59 Å². The molecule has 4 nitrogen and oxygen atoms in total. The van der Waals surface area contributed by atoms with Gasteiger partial charge in [0.1, 0.15) is 11.9 Å². The second-order valence-electron chi connectivity index (χ2n) is 6.95. The Morgan fingerprint density at radius 2 is 1.65 bits per heavy atom. The molecule has 1 amide bonds. The molecule has 0 fully saturated rings. The molecule has 0 unspecified atom stereocenters. The lowest BCUT2D eigenvalue weighted by molar-refractivity contribution is -0.109. The zero-order valence-electron chi connectivity index (χ0n) is 14.9. The Morgan fingerprint density at radius 1 is 1.08 bits per heavy atom. The Morgan fingerprint density at radius 3 is 2.15 bits per heavy atom. The van der Waals surface area contributed by atoms with E-state index in [2.05, 4.69) is 5.32 Å². The van der Waals surface area contributed by atoms with Crippen molar-refractivity contribution in [3.63, 3.8) is 0 Å². The first-order valence-corrected chi connectivity index (χ1v) is 8.92. The van der Waals surface area contributed by atoms with Gasteiger partial charge in [-0.3, -0.25) is 0 Å². The lowest BCUT2D eigenvalue weighted by atomic mass is 10.0. The molecular formula is C20H21Cl2NO3. The van der Waals surface area contributed by atoms with Crippen molar-refractivity contribution in [2.24, 2.45) is 0 Å². The first-order valence-electron chi connectivity index (χ1n) is 8.16. The standard InChI is InChI=1S/C20H21Cl2NO3/c1-20(2,3)26-19(25)23-18(12-24)8-13-4-6-14(7-5-13)15-9-16(21)11-17(22)10-15/h4-7,9-12,18H,8H2,1-3H3,(H,23,25)/t18-/m0/s1. The Kier molecular flexibility index (Phi) is 6.68. The van der Waals surface area contributed by atoms with Gasteiger partial charge >= 0.3 is 6.09 Å². The number of hydrogen-bond donors (Lipinski definition) is 1. The summed E-state index contributed by atoms with van der Waals surface area (Å²) in [6.45, 7) is 5.30. The van der Waals surface area contributed by atoms with Crippen LogP contribution in [0.25, 0.3) is 11.1 Å². The zero-order chi connectivity index (χ0) is 19.3. The molecule has 2 aromatic carbocycles. The van der Waals surface area contributed by atoms with Gasteiger partial charge in [-0.25, -0.2) is 4.79 Å². The monoisotopic (exact) mass is 393 g/mol. The van der Waals surface area contributed by atoms with Crippen LogP contribution in [0.1, 0.15) is 26.3 Å². The number of nitrogens with one attached hydrogen (secondary N) is 1. The third-order valence-electron chi connectivity index (χ3n) is 3.47. The molecular weight excluding hydrogens is 373 g/mol. The SMILES string of the molecule is CC(C)(C)OC(=O)N[C@H](C=O)Cc1ccc(-c2cc(Cl)cc(Cl)c2)cc1. The highest BCUT2D eigenvalue weighted by molar-refractivity contribution is 6.35. The van der Waals surface area contributed by atoms with Crippen molar-refractivity contribution >= 4 is 35.6 Å². The number of amides is 1. The summed E-state index contributed by atoms with van der Waals surface area (Å²) in [5.41, 5.74) is 2.17. The van der Waals surface area contributed by atoms with Gasteiger partial charge in [-0.1, -0.05) is 47.5 Å². The van der Waals surface area contributed by atoms with Gasteiger partial charge < -0.3 is 14.8 Å². The van der Waals surface area contributed by atoms with E-state index in [-0.39, 0.29) is 0 Å². The van der Waals surface area contributed by atoms with Gasteiger partial charge in [-0.05, 0) is 62.1 Å². The highest BCUT2D eigenvalue weighted by Gasteiger charge is 2.19. The molecule has 0 aliphatic heterocycles. The minimum atomic E-state index is -0.656. The van der Waals surface area contributed by atoms with E-state index in [0.717, 1.165) is 16.7 Å². The summed E-state index contributed by atoms with van der Waals surface area (Å²) in [5, 5.41) is 3.71. The Labute approximate surface area is 163 Å². The number of alkyl carbamates (subject to hydrolysis) is 1. The molecule has 0 spiro atoms. The molecule has 0 aromatic heterocycles. The molecule has 26 heavy (non-hydrogen) atoms. The van der Waals surface area contributed by atoms with Gasteiger partial charge in [0.15, 0.2) is 0 Å². The first-order chi connectivity index (χ1) is 12.2. The predicted octanol–water partition coefficient (Wildman–Crippen LogP) is 5.30. The summed E-state index contributed by atoms with van der Waals surface area (Å²) >= 11 is 12.1. The van der Waals surface area contributed by atoms with Crippen molar-refractivity contribution in [2.75, 3.05) is 0 Å². The molecule has 0 aliphatic rings. The Bertz CT molecular complexity index is 762. The van der Waals surface area contributed by atoms with Crippen LogP contribution in [-0.2, 0) is 16.0 Å². The van der Waals surface area contributed by atoms with Crippen LogP contribution in [0.3, 0.4) is 0 Å². The van der Waals surface area contributed by atoms with Crippen LogP contribution in [0, 0.1) is 0 Å². The van der Waals surface area contributed by atoms with E-state index in [0.29, 0.717) is 22.8 Å². The lowest BCUT2D eigenvalue weighted by Gasteiger charge is -2.21. The smallest absolute Gasteiger partial charge is 0.408 e. The minimum Gasteiger partial charge on any atom is -0.444 e. The molecule has 1 atom stereocenters. The number of benzene rings is 2. The van der Waals surface area contributed by atoms with E-state index in [4.69, 9.17) is 27.9 Å². The van der Waals surface area contributed by atoms with Gasteiger partial charge in [0.05, 0.1) is 6.04 Å². The van der Waals surface area contributed by atoms with Crippen LogP contribution < -0.4 is 5.32 Å². The number of ether oxygens (including phenoxy) is 1. The summed E-state index contributed by atoms with van der Waals surface area (Å²) in [6, 6.07) is 12.3. The summed E-state index contributed by atoms with van der Waals surface area (Å²) in [4.78, 5) is 23.1. The first kappa shape index (κ1) is 20.3. The molecule has 2 aromatic rings. The van der Waals surface area contributed by atoms with Gasteiger partial charge in [-0.15, -0.1) is 0 Å². The number of rotatable bonds is 5.